The molecular weight excluding hydrogens is 364 g/mol. The summed E-state index contributed by atoms with van der Waals surface area (Å²) >= 11 is 3.11. The molecule has 1 aromatic heterocycles. The van der Waals surface area contributed by atoms with Gasteiger partial charge in [0, 0.05) is 23.9 Å². The van der Waals surface area contributed by atoms with Crippen LogP contribution in [0.25, 0.3) is 0 Å². The van der Waals surface area contributed by atoms with Crippen LogP contribution in [0.5, 0.6) is 0 Å². The minimum absolute atomic E-state index is 0.155. The Hall–Kier alpha value is -1.60. The number of hydrogen-bond acceptors (Lipinski definition) is 6. The monoisotopic (exact) mass is 390 g/mol. The average molecular weight is 391 g/mol. The van der Waals surface area contributed by atoms with Crippen LogP contribution in [0.2, 0.25) is 0 Å². The molecule has 1 saturated carbocycles. The molecule has 1 aliphatic rings. The van der Waals surface area contributed by atoms with Crippen molar-refractivity contribution >= 4 is 39.8 Å². The molecule has 7 heteroatoms. The summed E-state index contributed by atoms with van der Waals surface area (Å²) < 4.78 is 0.891. The number of amides is 1. The van der Waals surface area contributed by atoms with E-state index < -0.39 is 0 Å². The van der Waals surface area contributed by atoms with Gasteiger partial charge in [-0.15, -0.1) is 10.2 Å². The molecule has 1 fully saturated rings. The number of carbonyl (C=O) groups is 1. The summed E-state index contributed by atoms with van der Waals surface area (Å²) in [6.45, 7) is 4.20. The number of benzene rings is 1. The van der Waals surface area contributed by atoms with Crippen molar-refractivity contribution in [3.63, 3.8) is 0 Å². The maximum Gasteiger partial charge on any atom is 0.221 e. The van der Waals surface area contributed by atoms with Gasteiger partial charge in [0.2, 0.25) is 11.0 Å². The molecule has 0 atom stereocenters. The second-order valence-corrected chi connectivity index (χ2v) is 9.12. The Morgan fingerprint density at radius 2 is 2.00 bits per heavy atom. The first-order valence-corrected chi connectivity index (χ1v) is 11.0. The molecule has 140 valence electrons. The lowest BCUT2D eigenvalue weighted by atomic mass is 9.95. The minimum atomic E-state index is 0.155. The summed E-state index contributed by atoms with van der Waals surface area (Å²) in [5.41, 5.74) is 3.54. The second kappa shape index (κ2) is 9.37. The first-order chi connectivity index (χ1) is 12.6. The zero-order valence-electron chi connectivity index (χ0n) is 15.4. The number of nitrogens with one attached hydrogen (secondary N) is 2. The number of aryl methyl sites for hydroxylation is 2. The Labute approximate surface area is 163 Å². The molecule has 0 bridgehead atoms. The number of nitrogens with zero attached hydrogens (tertiary/aromatic N) is 2. The van der Waals surface area contributed by atoms with E-state index in [1.807, 2.05) is 6.07 Å². The highest BCUT2D eigenvalue weighted by Crippen LogP contribution is 2.28. The van der Waals surface area contributed by atoms with E-state index in [1.165, 1.54) is 41.7 Å². The molecule has 5 nitrogen and oxygen atoms in total. The third-order valence-corrected chi connectivity index (χ3v) is 6.66. The first kappa shape index (κ1) is 19.2. The van der Waals surface area contributed by atoms with Crippen molar-refractivity contribution in [2.45, 2.75) is 62.8 Å². The van der Waals surface area contributed by atoms with Gasteiger partial charge >= 0.3 is 0 Å². The van der Waals surface area contributed by atoms with Crippen LogP contribution in [0.3, 0.4) is 0 Å². The predicted octanol–water partition coefficient (Wildman–Crippen LogP) is 4.83. The maximum atomic E-state index is 12.0. The van der Waals surface area contributed by atoms with Crippen molar-refractivity contribution in [2.24, 2.45) is 0 Å². The Morgan fingerprint density at radius 3 is 2.77 bits per heavy atom. The van der Waals surface area contributed by atoms with Crippen molar-refractivity contribution in [1.82, 2.24) is 15.5 Å². The smallest absolute Gasteiger partial charge is 0.221 e. The standard InChI is InChI=1S/C19H26N4OS2/c1-13-8-9-16(12-14(13)2)21-18-22-23-19(26-18)25-11-10-17(24)20-15-6-4-3-5-7-15/h8-9,12,15H,3-7,10-11H2,1-2H3,(H,20,24)(H,21,22). The highest BCUT2D eigenvalue weighted by atomic mass is 32.2. The Bertz CT molecular complexity index is 741. The Balaban J connectivity index is 1.41. The van der Waals surface area contributed by atoms with Crippen LogP contribution in [-0.2, 0) is 4.79 Å². The number of rotatable bonds is 7. The van der Waals surface area contributed by atoms with Gasteiger partial charge in [-0.05, 0) is 49.9 Å². The van der Waals surface area contributed by atoms with Gasteiger partial charge in [0.15, 0.2) is 4.34 Å². The second-order valence-electron chi connectivity index (χ2n) is 6.80. The van der Waals surface area contributed by atoms with Crippen LogP contribution in [0.15, 0.2) is 22.5 Å². The van der Waals surface area contributed by atoms with E-state index in [1.54, 1.807) is 11.8 Å². The van der Waals surface area contributed by atoms with E-state index >= 15 is 0 Å². The van der Waals surface area contributed by atoms with Gasteiger partial charge in [-0.1, -0.05) is 48.4 Å². The zero-order chi connectivity index (χ0) is 18.4. The van der Waals surface area contributed by atoms with Crippen molar-refractivity contribution in [1.29, 1.82) is 0 Å². The normalized spacial score (nSPS) is 15.0. The molecule has 0 spiro atoms. The molecule has 0 unspecified atom stereocenters. The lowest BCUT2D eigenvalue weighted by molar-refractivity contribution is -0.121. The van der Waals surface area contributed by atoms with Gasteiger partial charge in [0.05, 0.1) is 0 Å². The Kier molecular flexibility index (Phi) is 6.91. The summed E-state index contributed by atoms with van der Waals surface area (Å²) in [6.07, 6.45) is 6.56. The molecular formula is C19H26N4OS2. The average Bonchev–Trinajstić information content (AvgIpc) is 3.06. The summed E-state index contributed by atoms with van der Waals surface area (Å²) in [7, 11) is 0. The largest absolute Gasteiger partial charge is 0.353 e. The van der Waals surface area contributed by atoms with Gasteiger partial charge < -0.3 is 10.6 Å². The van der Waals surface area contributed by atoms with E-state index in [4.69, 9.17) is 0 Å². The van der Waals surface area contributed by atoms with Crippen molar-refractivity contribution in [2.75, 3.05) is 11.1 Å². The van der Waals surface area contributed by atoms with E-state index in [9.17, 15) is 4.79 Å². The molecule has 1 amide bonds. The number of aromatic nitrogens is 2. The molecule has 0 saturated heterocycles. The van der Waals surface area contributed by atoms with Crippen molar-refractivity contribution in [3.8, 4) is 0 Å². The lowest BCUT2D eigenvalue weighted by Crippen LogP contribution is -2.36. The highest BCUT2D eigenvalue weighted by molar-refractivity contribution is 8.01. The number of carbonyl (C=O) groups excluding carboxylic acids is 1. The van der Waals surface area contributed by atoms with Gasteiger partial charge in [-0.2, -0.15) is 0 Å². The van der Waals surface area contributed by atoms with Crippen LogP contribution in [0.4, 0.5) is 10.8 Å². The summed E-state index contributed by atoms with van der Waals surface area (Å²) in [6, 6.07) is 6.64. The third kappa shape index (κ3) is 5.71. The number of hydrogen-bond donors (Lipinski definition) is 2. The van der Waals surface area contributed by atoms with Crippen LogP contribution in [0.1, 0.15) is 49.7 Å². The SMILES string of the molecule is Cc1ccc(Nc2nnc(SCCC(=O)NC3CCCCC3)s2)cc1C. The van der Waals surface area contributed by atoms with Gasteiger partial charge in [-0.3, -0.25) is 4.79 Å². The molecule has 0 aliphatic heterocycles. The maximum absolute atomic E-state index is 12.0. The minimum Gasteiger partial charge on any atom is -0.353 e. The van der Waals surface area contributed by atoms with Crippen LogP contribution in [0, 0.1) is 13.8 Å². The van der Waals surface area contributed by atoms with Crippen molar-refractivity contribution < 1.29 is 4.79 Å². The quantitative estimate of drug-likeness (QED) is 0.663. The molecule has 1 aromatic carbocycles. The van der Waals surface area contributed by atoms with E-state index in [0.717, 1.165) is 33.8 Å². The molecule has 26 heavy (non-hydrogen) atoms. The molecule has 0 radical (unpaired) electrons. The van der Waals surface area contributed by atoms with E-state index in [0.29, 0.717) is 12.5 Å². The van der Waals surface area contributed by atoms with Gasteiger partial charge in [0.25, 0.3) is 0 Å². The van der Waals surface area contributed by atoms with Crippen molar-refractivity contribution in [3.05, 3.63) is 29.3 Å². The summed E-state index contributed by atoms with van der Waals surface area (Å²) in [5, 5.41) is 15.6. The molecule has 1 heterocycles. The van der Waals surface area contributed by atoms with Crippen LogP contribution < -0.4 is 10.6 Å². The van der Waals surface area contributed by atoms with E-state index in [2.05, 4.69) is 46.8 Å². The number of anilines is 2. The summed E-state index contributed by atoms with van der Waals surface area (Å²) in [4.78, 5) is 12.0. The van der Waals surface area contributed by atoms with Gasteiger partial charge in [-0.25, -0.2) is 0 Å². The number of thioether (sulfide) groups is 1. The molecule has 2 N–H and O–H groups in total. The predicted molar refractivity (Wildman–Crippen MR) is 109 cm³/mol. The third-order valence-electron chi connectivity index (χ3n) is 4.69. The Morgan fingerprint density at radius 1 is 1.19 bits per heavy atom. The van der Waals surface area contributed by atoms with Gasteiger partial charge in [0.1, 0.15) is 0 Å². The van der Waals surface area contributed by atoms with E-state index in [-0.39, 0.29) is 5.91 Å². The zero-order valence-corrected chi connectivity index (χ0v) is 17.0. The fourth-order valence-corrected chi connectivity index (χ4v) is 4.82. The fourth-order valence-electron chi connectivity index (χ4n) is 3.04. The van der Waals surface area contributed by atoms with Crippen LogP contribution in [-0.4, -0.2) is 27.9 Å². The topological polar surface area (TPSA) is 66.9 Å². The molecule has 2 aromatic rings. The highest BCUT2D eigenvalue weighted by Gasteiger charge is 2.15. The molecule has 1 aliphatic carbocycles. The summed E-state index contributed by atoms with van der Waals surface area (Å²) in [5.74, 6) is 0.888. The molecule has 3 rings (SSSR count). The first-order valence-electron chi connectivity index (χ1n) is 9.20. The lowest BCUT2D eigenvalue weighted by Gasteiger charge is -2.22. The van der Waals surface area contributed by atoms with Crippen LogP contribution >= 0.6 is 23.1 Å². The fraction of sp³-hybridized carbons (Fsp3) is 0.526.